The third-order valence-electron chi connectivity index (χ3n) is 2.52. The van der Waals surface area contributed by atoms with Crippen LogP contribution in [-0.2, 0) is 0 Å². The molecule has 0 heterocycles. The van der Waals surface area contributed by atoms with Crippen molar-refractivity contribution in [3.63, 3.8) is 0 Å². The SMILES string of the molecule is NC(N)CCNC1CCCCC1. The highest BCUT2D eigenvalue weighted by atomic mass is 14.9. The third-order valence-corrected chi connectivity index (χ3v) is 2.52. The Kier molecular flexibility index (Phi) is 4.58. The molecule has 1 aliphatic rings. The van der Waals surface area contributed by atoms with Gasteiger partial charge < -0.3 is 16.8 Å². The van der Waals surface area contributed by atoms with E-state index in [0.29, 0.717) is 0 Å². The highest BCUT2D eigenvalue weighted by Crippen LogP contribution is 2.16. The minimum absolute atomic E-state index is 0.152. The predicted molar refractivity (Wildman–Crippen MR) is 51.7 cm³/mol. The first kappa shape index (κ1) is 9.96. The molecule has 0 aromatic rings. The Morgan fingerprint density at radius 2 is 1.83 bits per heavy atom. The first-order valence-electron chi connectivity index (χ1n) is 5.03. The highest BCUT2D eigenvalue weighted by Gasteiger charge is 2.11. The van der Waals surface area contributed by atoms with Gasteiger partial charge in [-0.15, -0.1) is 0 Å². The fourth-order valence-electron chi connectivity index (χ4n) is 1.76. The minimum atomic E-state index is -0.152. The van der Waals surface area contributed by atoms with E-state index in [4.69, 9.17) is 11.5 Å². The van der Waals surface area contributed by atoms with Crippen molar-refractivity contribution in [3.8, 4) is 0 Å². The lowest BCUT2D eigenvalue weighted by Crippen LogP contribution is -2.38. The summed E-state index contributed by atoms with van der Waals surface area (Å²) in [4.78, 5) is 0. The van der Waals surface area contributed by atoms with Crippen LogP contribution in [0.4, 0.5) is 0 Å². The van der Waals surface area contributed by atoms with Crippen LogP contribution in [-0.4, -0.2) is 18.8 Å². The average Bonchev–Trinajstić information content (AvgIpc) is 2.05. The fraction of sp³-hybridized carbons (Fsp3) is 1.00. The van der Waals surface area contributed by atoms with Crippen LogP contribution < -0.4 is 16.8 Å². The molecule has 0 aromatic carbocycles. The minimum Gasteiger partial charge on any atom is -0.316 e. The molecule has 72 valence electrons. The van der Waals surface area contributed by atoms with Gasteiger partial charge in [-0.1, -0.05) is 19.3 Å². The van der Waals surface area contributed by atoms with Gasteiger partial charge in [0.25, 0.3) is 0 Å². The lowest BCUT2D eigenvalue weighted by molar-refractivity contribution is 0.368. The second-order valence-corrected chi connectivity index (χ2v) is 3.74. The summed E-state index contributed by atoms with van der Waals surface area (Å²) in [7, 11) is 0. The Hall–Kier alpha value is -0.120. The average molecular weight is 171 g/mol. The van der Waals surface area contributed by atoms with E-state index in [0.717, 1.165) is 19.0 Å². The molecule has 5 N–H and O–H groups in total. The van der Waals surface area contributed by atoms with Gasteiger partial charge in [-0.3, -0.25) is 0 Å². The van der Waals surface area contributed by atoms with Crippen LogP contribution in [0.2, 0.25) is 0 Å². The Balaban J connectivity index is 1.98. The summed E-state index contributed by atoms with van der Waals surface area (Å²) < 4.78 is 0. The molecule has 0 unspecified atom stereocenters. The first-order valence-corrected chi connectivity index (χ1v) is 5.03. The van der Waals surface area contributed by atoms with Gasteiger partial charge in [-0.05, 0) is 25.8 Å². The van der Waals surface area contributed by atoms with Gasteiger partial charge in [-0.25, -0.2) is 0 Å². The van der Waals surface area contributed by atoms with E-state index in [1.165, 1.54) is 32.1 Å². The molecule has 0 aliphatic heterocycles. The van der Waals surface area contributed by atoms with Crippen molar-refractivity contribution in [2.75, 3.05) is 6.54 Å². The monoisotopic (exact) mass is 171 g/mol. The van der Waals surface area contributed by atoms with Crippen LogP contribution in [0.3, 0.4) is 0 Å². The zero-order valence-corrected chi connectivity index (χ0v) is 7.76. The second kappa shape index (κ2) is 5.51. The summed E-state index contributed by atoms with van der Waals surface area (Å²) in [5.41, 5.74) is 10.9. The summed E-state index contributed by atoms with van der Waals surface area (Å²) in [6, 6.07) is 0.734. The standard InChI is InChI=1S/C9H21N3/c10-9(11)6-7-12-8-4-2-1-3-5-8/h8-9,12H,1-7,10-11H2. The largest absolute Gasteiger partial charge is 0.316 e. The molecule has 0 amide bonds. The second-order valence-electron chi connectivity index (χ2n) is 3.74. The van der Waals surface area contributed by atoms with E-state index in [1.54, 1.807) is 0 Å². The summed E-state index contributed by atoms with van der Waals surface area (Å²) in [5, 5.41) is 3.49. The van der Waals surface area contributed by atoms with Crippen molar-refractivity contribution >= 4 is 0 Å². The molecular weight excluding hydrogens is 150 g/mol. The maximum Gasteiger partial charge on any atom is 0.0533 e. The molecule has 0 bridgehead atoms. The van der Waals surface area contributed by atoms with Crippen LogP contribution in [0.5, 0.6) is 0 Å². The normalized spacial score (nSPS) is 20.2. The maximum atomic E-state index is 5.45. The molecule has 0 radical (unpaired) electrons. The molecule has 0 aromatic heterocycles. The van der Waals surface area contributed by atoms with Gasteiger partial charge in [0.05, 0.1) is 6.17 Å². The molecule has 0 saturated heterocycles. The summed E-state index contributed by atoms with van der Waals surface area (Å²) >= 11 is 0. The summed E-state index contributed by atoms with van der Waals surface area (Å²) in [5.74, 6) is 0. The van der Waals surface area contributed by atoms with Crippen molar-refractivity contribution in [1.29, 1.82) is 0 Å². The lowest BCUT2D eigenvalue weighted by atomic mass is 9.95. The van der Waals surface area contributed by atoms with E-state index >= 15 is 0 Å². The number of nitrogens with two attached hydrogens (primary N) is 2. The fourth-order valence-corrected chi connectivity index (χ4v) is 1.76. The molecule has 0 atom stereocenters. The van der Waals surface area contributed by atoms with E-state index < -0.39 is 0 Å². The van der Waals surface area contributed by atoms with E-state index in [-0.39, 0.29) is 6.17 Å². The Morgan fingerprint density at radius 3 is 2.42 bits per heavy atom. The molecule has 1 aliphatic carbocycles. The molecule has 1 rings (SSSR count). The summed E-state index contributed by atoms with van der Waals surface area (Å²) in [6.45, 7) is 0.975. The van der Waals surface area contributed by atoms with Crippen molar-refractivity contribution in [2.45, 2.75) is 50.7 Å². The lowest BCUT2D eigenvalue weighted by Gasteiger charge is -2.23. The number of hydrogen-bond donors (Lipinski definition) is 3. The van der Waals surface area contributed by atoms with Gasteiger partial charge >= 0.3 is 0 Å². The number of hydrogen-bond acceptors (Lipinski definition) is 3. The topological polar surface area (TPSA) is 64.1 Å². The molecule has 1 fully saturated rings. The third kappa shape index (κ3) is 4.04. The molecular formula is C9H21N3. The molecule has 12 heavy (non-hydrogen) atoms. The van der Waals surface area contributed by atoms with Gasteiger partial charge in [0.15, 0.2) is 0 Å². The zero-order chi connectivity index (χ0) is 8.81. The van der Waals surface area contributed by atoms with Crippen LogP contribution in [0.1, 0.15) is 38.5 Å². The quantitative estimate of drug-likeness (QED) is 0.541. The van der Waals surface area contributed by atoms with Crippen LogP contribution in [0.25, 0.3) is 0 Å². The predicted octanol–water partition coefficient (Wildman–Crippen LogP) is 0.542. The van der Waals surface area contributed by atoms with Gasteiger partial charge in [-0.2, -0.15) is 0 Å². The van der Waals surface area contributed by atoms with Crippen LogP contribution in [0, 0.1) is 0 Å². The number of nitrogens with one attached hydrogen (secondary N) is 1. The molecule has 1 saturated carbocycles. The van der Waals surface area contributed by atoms with E-state index in [1.807, 2.05) is 0 Å². The van der Waals surface area contributed by atoms with Crippen molar-refractivity contribution in [3.05, 3.63) is 0 Å². The molecule has 3 nitrogen and oxygen atoms in total. The van der Waals surface area contributed by atoms with Crippen molar-refractivity contribution in [1.82, 2.24) is 5.32 Å². The Labute approximate surface area is 74.9 Å². The van der Waals surface area contributed by atoms with Crippen molar-refractivity contribution < 1.29 is 0 Å². The van der Waals surface area contributed by atoms with E-state index in [9.17, 15) is 0 Å². The van der Waals surface area contributed by atoms with Gasteiger partial charge in [0.2, 0.25) is 0 Å². The Bertz CT molecular complexity index is 108. The Morgan fingerprint density at radius 1 is 1.17 bits per heavy atom. The van der Waals surface area contributed by atoms with Gasteiger partial charge in [0, 0.05) is 6.04 Å². The van der Waals surface area contributed by atoms with Crippen molar-refractivity contribution in [2.24, 2.45) is 11.5 Å². The first-order chi connectivity index (χ1) is 5.79. The smallest absolute Gasteiger partial charge is 0.0533 e. The van der Waals surface area contributed by atoms with Crippen LogP contribution >= 0.6 is 0 Å². The van der Waals surface area contributed by atoms with Crippen LogP contribution in [0.15, 0.2) is 0 Å². The molecule has 0 spiro atoms. The summed E-state index contributed by atoms with van der Waals surface area (Å²) in [6.07, 6.45) is 7.57. The number of rotatable bonds is 4. The van der Waals surface area contributed by atoms with Gasteiger partial charge in [0.1, 0.15) is 0 Å². The van der Waals surface area contributed by atoms with E-state index in [2.05, 4.69) is 5.32 Å². The highest BCUT2D eigenvalue weighted by molar-refractivity contribution is 4.72. The zero-order valence-electron chi connectivity index (χ0n) is 7.76. The molecule has 3 heteroatoms. The maximum absolute atomic E-state index is 5.45.